The Morgan fingerprint density at radius 1 is 1.15 bits per heavy atom. The van der Waals surface area contributed by atoms with E-state index in [2.05, 4.69) is 0 Å². The maximum Gasteiger partial charge on any atom is 0.383 e. The molecule has 0 aliphatic carbocycles. The summed E-state index contributed by atoms with van der Waals surface area (Å²) in [4.78, 5) is 32.7. The van der Waals surface area contributed by atoms with Crippen LogP contribution in [0.3, 0.4) is 0 Å². The zero-order chi connectivity index (χ0) is 10.6. The lowest BCUT2D eigenvalue weighted by molar-refractivity contribution is -0.164. The Morgan fingerprint density at radius 2 is 1.62 bits per heavy atom. The molecule has 0 fully saturated rings. The normalized spacial score (nSPS) is 10.8. The van der Waals surface area contributed by atoms with Crippen molar-refractivity contribution < 1.29 is 19.1 Å². The van der Waals surface area contributed by atoms with Crippen LogP contribution in [0.4, 0.5) is 0 Å². The number of carbonyl (C=O) groups is 3. The molecule has 13 heavy (non-hydrogen) atoms. The van der Waals surface area contributed by atoms with E-state index in [1.807, 2.05) is 0 Å². The molecule has 0 rings (SSSR count). The highest BCUT2D eigenvalue weighted by molar-refractivity contribution is 6.62. The molecule has 74 valence electrons. The molecule has 0 saturated heterocycles. The predicted molar refractivity (Wildman–Crippen MR) is 46.2 cm³/mol. The highest BCUT2D eigenvalue weighted by atomic mass is 16.6. The van der Waals surface area contributed by atoms with E-state index >= 15 is 0 Å². The molecule has 4 nitrogen and oxygen atoms in total. The van der Waals surface area contributed by atoms with E-state index in [0.717, 1.165) is 0 Å². The monoisotopic (exact) mass is 186 g/mol. The van der Waals surface area contributed by atoms with Crippen molar-refractivity contribution in [1.82, 2.24) is 0 Å². The van der Waals surface area contributed by atoms with Crippen molar-refractivity contribution in [3.63, 3.8) is 0 Å². The molecule has 0 aliphatic heterocycles. The Hall–Kier alpha value is -1.19. The van der Waals surface area contributed by atoms with Crippen molar-refractivity contribution in [3.8, 4) is 0 Å². The smallest absolute Gasteiger partial charge is 0.383 e. The molecule has 0 N–H and O–H groups in total. The van der Waals surface area contributed by atoms with Crippen LogP contribution in [-0.2, 0) is 19.1 Å². The Balaban J connectivity index is 4.30. The second-order valence-corrected chi connectivity index (χ2v) is 3.61. The van der Waals surface area contributed by atoms with Gasteiger partial charge in [0, 0.05) is 6.42 Å². The van der Waals surface area contributed by atoms with E-state index in [4.69, 9.17) is 4.74 Å². The number of hydrogen-bond donors (Lipinski definition) is 0. The van der Waals surface area contributed by atoms with Crippen molar-refractivity contribution >= 4 is 17.5 Å². The maximum absolute atomic E-state index is 11.0. The highest BCUT2D eigenvalue weighted by Crippen LogP contribution is 2.07. The van der Waals surface area contributed by atoms with Gasteiger partial charge in [0.15, 0.2) is 0 Å². The van der Waals surface area contributed by atoms with Gasteiger partial charge < -0.3 is 4.74 Å². The standard InChI is InChI=1S/C9H14O4/c1-5-6(10)7(11)8(12)13-9(2,3)4/h5H2,1-4H3. The number of Topliss-reactive ketones (excluding diaryl/α,β-unsaturated/α-hetero) is 2. The Morgan fingerprint density at radius 3 is 1.92 bits per heavy atom. The summed E-state index contributed by atoms with van der Waals surface area (Å²) in [6.45, 7) is 6.42. The van der Waals surface area contributed by atoms with Crippen LogP contribution in [0.15, 0.2) is 0 Å². The average molecular weight is 186 g/mol. The largest absolute Gasteiger partial charge is 0.454 e. The summed E-state index contributed by atoms with van der Waals surface area (Å²) in [5.41, 5.74) is -0.735. The van der Waals surface area contributed by atoms with Gasteiger partial charge in [-0.3, -0.25) is 9.59 Å². The molecule has 0 spiro atoms. The van der Waals surface area contributed by atoms with Gasteiger partial charge in [-0.25, -0.2) is 4.79 Å². The topological polar surface area (TPSA) is 60.4 Å². The summed E-state index contributed by atoms with van der Waals surface area (Å²) in [5.74, 6) is -2.86. The van der Waals surface area contributed by atoms with Crippen LogP contribution in [0.5, 0.6) is 0 Å². The van der Waals surface area contributed by atoms with E-state index < -0.39 is 23.1 Å². The first-order valence-electron chi connectivity index (χ1n) is 4.08. The molecule has 0 radical (unpaired) electrons. The molecule has 0 aromatic rings. The van der Waals surface area contributed by atoms with Crippen LogP contribution in [0.25, 0.3) is 0 Å². The van der Waals surface area contributed by atoms with Gasteiger partial charge in [-0.05, 0) is 20.8 Å². The highest BCUT2D eigenvalue weighted by Gasteiger charge is 2.26. The van der Waals surface area contributed by atoms with E-state index in [9.17, 15) is 14.4 Å². The van der Waals surface area contributed by atoms with Gasteiger partial charge in [-0.15, -0.1) is 0 Å². The van der Waals surface area contributed by atoms with Crippen molar-refractivity contribution in [2.24, 2.45) is 0 Å². The quantitative estimate of drug-likeness (QED) is 0.373. The van der Waals surface area contributed by atoms with E-state index in [-0.39, 0.29) is 6.42 Å². The fourth-order valence-corrected chi connectivity index (χ4v) is 0.599. The van der Waals surface area contributed by atoms with Gasteiger partial charge >= 0.3 is 11.8 Å². The SMILES string of the molecule is CCC(=O)C(=O)C(=O)OC(C)(C)C. The first-order valence-corrected chi connectivity index (χ1v) is 4.08. The Labute approximate surface area is 77.3 Å². The van der Waals surface area contributed by atoms with Gasteiger partial charge in [0.1, 0.15) is 5.60 Å². The van der Waals surface area contributed by atoms with Crippen LogP contribution >= 0.6 is 0 Å². The summed E-state index contributed by atoms with van der Waals surface area (Å²) in [5, 5.41) is 0. The number of rotatable bonds is 3. The van der Waals surface area contributed by atoms with E-state index in [0.29, 0.717) is 0 Å². The minimum Gasteiger partial charge on any atom is -0.454 e. The summed E-state index contributed by atoms with van der Waals surface area (Å²) in [6, 6.07) is 0. The third-order valence-corrected chi connectivity index (χ3v) is 1.16. The van der Waals surface area contributed by atoms with Crippen molar-refractivity contribution in [2.45, 2.75) is 39.7 Å². The zero-order valence-corrected chi connectivity index (χ0v) is 8.34. The minimum atomic E-state index is -1.07. The molecule has 4 heteroatoms. The van der Waals surface area contributed by atoms with Crippen molar-refractivity contribution in [3.05, 3.63) is 0 Å². The number of esters is 1. The molecule has 0 amide bonds. The maximum atomic E-state index is 11.0. The van der Waals surface area contributed by atoms with Gasteiger partial charge in [0.05, 0.1) is 0 Å². The van der Waals surface area contributed by atoms with Gasteiger partial charge in [-0.2, -0.15) is 0 Å². The second kappa shape index (κ2) is 4.16. The molecule has 0 bridgehead atoms. The van der Waals surface area contributed by atoms with Crippen molar-refractivity contribution in [2.75, 3.05) is 0 Å². The summed E-state index contributed by atoms with van der Waals surface area (Å²) in [6.07, 6.45) is 0.0259. The molecular formula is C9H14O4. The molecular weight excluding hydrogens is 172 g/mol. The predicted octanol–water partition coefficient (Wildman–Crippen LogP) is 0.876. The van der Waals surface area contributed by atoms with Crippen molar-refractivity contribution in [1.29, 1.82) is 0 Å². The van der Waals surface area contributed by atoms with Crippen LogP contribution in [0.1, 0.15) is 34.1 Å². The van der Waals surface area contributed by atoms with Crippen LogP contribution in [-0.4, -0.2) is 23.1 Å². The summed E-state index contributed by atoms with van der Waals surface area (Å²) >= 11 is 0. The number of hydrogen-bond acceptors (Lipinski definition) is 4. The molecule has 0 atom stereocenters. The fourth-order valence-electron chi connectivity index (χ4n) is 0.599. The summed E-state index contributed by atoms with van der Waals surface area (Å²) < 4.78 is 4.71. The Bertz CT molecular complexity index is 234. The molecule has 0 unspecified atom stereocenters. The first-order chi connectivity index (χ1) is 5.78. The third-order valence-electron chi connectivity index (χ3n) is 1.16. The van der Waals surface area contributed by atoms with Crippen LogP contribution < -0.4 is 0 Å². The lowest BCUT2D eigenvalue weighted by Gasteiger charge is -2.18. The molecule has 0 saturated carbocycles. The van der Waals surface area contributed by atoms with Crippen LogP contribution in [0.2, 0.25) is 0 Å². The lowest BCUT2D eigenvalue weighted by atomic mass is 10.1. The Kier molecular flexibility index (Phi) is 3.78. The molecule has 0 aromatic heterocycles. The minimum absolute atomic E-state index is 0.0259. The average Bonchev–Trinajstić information content (AvgIpc) is 1.98. The van der Waals surface area contributed by atoms with E-state index in [1.165, 1.54) is 6.92 Å². The van der Waals surface area contributed by atoms with Crippen LogP contribution in [0, 0.1) is 0 Å². The number of ether oxygens (including phenoxy) is 1. The number of carbonyl (C=O) groups excluding carboxylic acids is 3. The van der Waals surface area contributed by atoms with Gasteiger partial charge in [-0.1, -0.05) is 6.92 Å². The van der Waals surface area contributed by atoms with E-state index in [1.54, 1.807) is 20.8 Å². The fraction of sp³-hybridized carbons (Fsp3) is 0.667. The van der Waals surface area contributed by atoms with Gasteiger partial charge in [0.25, 0.3) is 0 Å². The summed E-state index contributed by atoms with van der Waals surface area (Å²) in [7, 11) is 0. The molecule has 0 heterocycles. The zero-order valence-electron chi connectivity index (χ0n) is 8.34. The molecule has 0 aromatic carbocycles. The third kappa shape index (κ3) is 4.40. The first kappa shape index (κ1) is 11.8. The molecule has 0 aliphatic rings. The van der Waals surface area contributed by atoms with Gasteiger partial charge in [0.2, 0.25) is 5.78 Å². The second-order valence-electron chi connectivity index (χ2n) is 3.61. The lowest BCUT2D eigenvalue weighted by Crippen LogP contribution is -2.32. The number of ketones is 2.